The maximum atomic E-state index is 12.6. The van der Waals surface area contributed by atoms with E-state index in [0.717, 1.165) is 65.0 Å². The zero-order chi connectivity index (χ0) is 23.5. The fourth-order valence-electron chi connectivity index (χ4n) is 4.14. The van der Waals surface area contributed by atoms with Crippen LogP contribution in [0.4, 0.5) is 0 Å². The molecule has 0 bridgehead atoms. The minimum Gasteiger partial charge on any atom is -0.339 e. The molecule has 0 atom stereocenters. The van der Waals surface area contributed by atoms with Crippen LogP contribution in [0.15, 0.2) is 72.1 Å². The van der Waals surface area contributed by atoms with Crippen LogP contribution in [0.1, 0.15) is 39.9 Å². The summed E-state index contributed by atoms with van der Waals surface area (Å²) in [5.74, 6) is 1.66. The van der Waals surface area contributed by atoms with Gasteiger partial charge >= 0.3 is 0 Å². The number of hydrogen-bond donors (Lipinski definition) is 0. The van der Waals surface area contributed by atoms with Gasteiger partial charge < -0.3 is 4.90 Å². The molecule has 0 radical (unpaired) electrons. The highest BCUT2D eigenvalue weighted by Gasteiger charge is 2.20. The summed E-state index contributed by atoms with van der Waals surface area (Å²) in [5.41, 5.74) is 6.38. The first-order chi connectivity index (χ1) is 16.6. The monoisotopic (exact) mass is 469 g/mol. The molecule has 1 aliphatic heterocycles. The lowest BCUT2D eigenvalue weighted by molar-refractivity contribution is 0.0793. The molecule has 5 rings (SSSR count). The summed E-state index contributed by atoms with van der Waals surface area (Å²) >= 11 is 1.64. The van der Waals surface area contributed by atoms with Crippen molar-refractivity contribution in [3.63, 3.8) is 0 Å². The lowest BCUT2D eigenvalue weighted by Crippen LogP contribution is -2.27. The molecule has 1 fully saturated rings. The van der Waals surface area contributed by atoms with Crippen molar-refractivity contribution in [1.29, 1.82) is 0 Å². The number of rotatable bonds is 6. The molecular weight excluding hydrogens is 442 g/mol. The number of carbonyl (C=O) groups excluding carboxylic acids is 1. The Hall–Kier alpha value is -3.45. The first-order valence-electron chi connectivity index (χ1n) is 11.5. The normalized spacial score (nSPS) is 13.4. The van der Waals surface area contributed by atoms with Gasteiger partial charge in [-0.25, -0.2) is 0 Å². The molecule has 0 unspecified atom stereocenters. The van der Waals surface area contributed by atoms with Crippen LogP contribution in [0.25, 0.3) is 17.1 Å². The predicted molar refractivity (Wildman–Crippen MR) is 135 cm³/mol. The van der Waals surface area contributed by atoms with Crippen molar-refractivity contribution in [2.75, 3.05) is 13.1 Å². The number of hydrogen-bond acceptors (Lipinski definition) is 5. The molecule has 2 aromatic carbocycles. The third-order valence-corrected chi connectivity index (χ3v) is 7.28. The van der Waals surface area contributed by atoms with Gasteiger partial charge in [0.2, 0.25) is 0 Å². The molecule has 2 aromatic heterocycles. The van der Waals surface area contributed by atoms with Gasteiger partial charge in [-0.3, -0.25) is 14.3 Å². The maximum Gasteiger partial charge on any atom is 0.253 e. The molecule has 7 heteroatoms. The molecule has 0 N–H and O–H groups in total. The van der Waals surface area contributed by atoms with Crippen molar-refractivity contribution in [3.8, 4) is 17.1 Å². The molecule has 0 spiro atoms. The second-order valence-electron chi connectivity index (χ2n) is 8.63. The fraction of sp³-hybridized carbons (Fsp3) is 0.259. The van der Waals surface area contributed by atoms with E-state index in [4.69, 9.17) is 0 Å². The number of pyridine rings is 1. The van der Waals surface area contributed by atoms with Crippen molar-refractivity contribution >= 4 is 17.7 Å². The van der Waals surface area contributed by atoms with Crippen LogP contribution in [0.3, 0.4) is 0 Å². The smallest absolute Gasteiger partial charge is 0.253 e. The lowest BCUT2D eigenvalue weighted by Gasteiger charge is -2.15. The van der Waals surface area contributed by atoms with Gasteiger partial charge in [-0.2, -0.15) is 0 Å². The van der Waals surface area contributed by atoms with E-state index in [1.54, 1.807) is 24.2 Å². The van der Waals surface area contributed by atoms with E-state index in [1.807, 2.05) is 41.3 Å². The number of likely N-dealkylation sites (tertiary alicyclic amines) is 1. The SMILES string of the molecule is Cc1ccc(-n2c(SCc3ccc(C(=O)N4CCCC4)cc3)nnc2-c2ccncc2)cc1C. The van der Waals surface area contributed by atoms with Gasteiger partial charge in [0, 0.05) is 42.4 Å². The van der Waals surface area contributed by atoms with E-state index in [1.165, 1.54) is 11.1 Å². The Morgan fingerprint density at radius 2 is 1.65 bits per heavy atom. The molecule has 1 amide bonds. The van der Waals surface area contributed by atoms with Crippen molar-refractivity contribution in [3.05, 3.63) is 89.2 Å². The molecule has 172 valence electrons. The van der Waals surface area contributed by atoms with Crippen LogP contribution in [0, 0.1) is 13.8 Å². The number of benzene rings is 2. The summed E-state index contributed by atoms with van der Waals surface area (Å²) in [6.45, 7) is 5.96. The minimum absolute atomic E-state index is 0.133. The average molecular weight is 470 g/mol. The highest BCUT2D eigenvalue weighted by atomic mass is 32.2. The van der Waals surface area contributed by atoms with Crippen LogP contribution in [-0.4, -0.2) is 43.6 Å². The summed E-state index contributed by atoms with van der Waals surface area (Å²) in [6, 6.07) is 18.3. The number of nitrogens with zero attached hydrogens (tertiary/aromatic N) is 5. The fourth-order valence-corrected chi connectivity index (χ4v) is 5.05. The quantitative estimate of drug-likeness (QED) is 0.350. The van der Waals surface area contributed by atoms with Crippen LogP contribution in [0.2, 0.25) is 0 Å². The zero-order valence-electron chi connectivity index (χ0n) is 19.4. The molecule has 3 heterocycles. The Labute approximate surface area is 204 Å². The highest BCUT2D eigenvalue weighted by Crippen LogP contribution is 2.30. The number of carbonyl (C=O) groups is 1. The molecule has 1 aliphatic rings. The molecule has 1 saturated heterocycles. The van der Waals surface area contributed by atoms with E-state index in [2.05, 4.69) is 51.8 Å². The predicted octanol–water partition coefficient (Wildman–Crippen LogP) is 5.47. The van der Waals surface area contributed by atoms with Gasteiger partial charge in [0.25, 0.3) is 5.91 Å². The van der Waals surface area contributed by atoms with Crippen molar-refractivity contribution in [2.45, 2.75) is 37.6 Å². The molecular formula is C27H27N5OS. The zero-order valence-corrected chi connectivity index (χ0v) is 20.3. The van der Waals surface area contributed by atoms with E-state index in [-0.39, 0.29) is 5.91 Å². The second kappa shape index (κ2) is 9.81. The summed E-state index contributed by atoms with van der Waals surface area (Å²) in [5, 5.41) is 9.88. The van der Waals surface area contributed by atoms with Gasteiger partial charge in [-0.1, -0.05) is 30.0 Å². The Balaban J connectivity index is 1.40. The van der Waals surface area contributed by atoms with Gasteiger partial charge in [0.1, 0.15) is 0 Å². The average Bonchev–Trinajstić information content (AvgIpc) is 3.55. The summed E-state index contributed by atoms with van der Waals surface area (Å²) in [4.78, 5) is 18.7. The van der Waals surface area contributed by atoms with Gasteiger partial charge in [0.05, 0.1) is 5.69 Å². The first kappa shape index (κ1) is 22.3. The number of aryl methyl sites for hydroxylation is 2. The van der Waals surface area contributed by atoms with Crippen molar-refractivity contribution in [2.24, 2.45) is 0 Å². The van der Waals surface area contributed by atoms with Crippen LogP contribution in [0.5, 0.6) is 0 Å². The van der Waals surface area contributed by atoms with Crippen LogP contribution < -0.4 is 0 Å². The summed E-state index contributed by atoms with van der Waals surface area (Å²) < 4.78 is 2.11. The Morgan fingerprint density at radius 3 is 2.35 bits per heavy atom. The number of aromatic nitrogens is 4. The van der Waals surface area contributed by atoms with Crippen molar-refractivity contribution < 1.29 is 4.79 Å². The maximum absolute atomic E-state index is 12.6. The first-order valence-corrected chi connectivity index (χ1v) is 12.5. The Morgan fingerprint density at radius 1 is 0.912 bits per heavy atom. The number of thioether (sulfide) groups is 1. The highest BCUT2D eigenvalue weighted by molar-refractivity contribution is 7.98. The van der Waals surface area contributed by atoms with Gasteiger partial charge in [0.15, 0.2) is 11.0 Å². The molecule has 34 heavy (non-hydrogen) atoms. The van der Waals surface area contributed by atoms with Crippen LogP contribution >= 0.6 is 11.8 Å². The van der Waals surface area contributed by atoms with E-state index in [0.29, 0.717) is 0 Å². The minimum atomic E-state index is 0.133. The largest absolute Gasteiger partial charge is 0.339 e. The molecule has 0 saturated carbocycles. The third kappa shape index (κ3) is 4.61. The second-order valence-corrected chi connectivity index (χ2v) is 9.57. The lowest BCUT2D eigenvalue weighted by atomic mass is 10.1. The standard InChI is InChI=1S/C27H27N5OS/c1-19-5-10-24(17-20(19)2)32-25(22-11-13-28-14-12-22)29-30-27(32)34-18-21-6-8-23(9-7-21)26(33)31-15-3-4-16-31/h5-14,17H,3-4,15-16,18H2,1-2H3. The molecule has 4 aromatic rings. The summed E-state index contributed by atoms with van der Waals surface area (Å²) in [7, 11) is 0. The number of amides is 1. The Kier molecular flexibility index (Phi) is 6.45. The molecule has 0 aliphatic carbocycles. The van der Waals surface area contributed by atoms with E-state index >= 15 is 0 Å². The third-order valence-electron chi connectivity index (χ3n) is 6.28. The Bertz CT molecular complexity index is 1290. The van der Waals surface area contributed by atoms with Gasteiger partial charge in [-0.05, 0) is 79.8 Å². The van der Waals surface area contributed by atoms with E-state index in [9.17, 15) is 4.79 Å². The van der Waals surface area contributed by atoms with Crippen molar-refractivity contribution in [1.82, 2.24) is 24.6 Å². The topological polar surface area (TPSA) is 63.9 Å². The summed E-state index contributed by atoms with van der Waals surface area (Å²) in [6.07, 6.45) is 5.74. The van der Waals surface area contributed by atoms with Gasteiger partial charge in [-0.15, -0.1) is 10.2 Å². The van der Waals surface area contributed by atoms with E-state index < -0.39 is 0 Å². The molecule has 6 nitrogen and oxygen atoms in total. The van der Waals surface area contributed by atoms with Crippen LogP contribution in [-0.2, 0) is 5.75 Å².